The van der Waals surface area contributed by atoms with Gasteiger partial charge >= 0.3 is 0 Å². The topological polar surface area (TPSA) is 49.6 Å². The molecule has 1 aliphatic heterocycles. The molecule has 1 saturated carbocycles. The second kappa shape index (κ2) is 2.37. The van der Waals surface area contributed by atoms with E-state index in [9.17, 15) is 0 Å². The average Bonchev–Trinajstić information content (AvgIpc) is 2.92. The normalized spacial score (nSPS) is 33.4. The van der Waals surface area contributed by atoms with Crippen molar-refractivity contribution in [3.8, 4) is 6.07 Å². The molecule has 2 fully saturated rings. The Kier molecular flexibility index (Phi) is 1.38. The van der Waals surface area contributed by atoms with Crippen LogP contribution in [0.25, 0.3) is 0 Å². The molecule has 3 rings (SSSR count). The Bertz CT molecular complexity index is 420. The van der Waals surface area contributed by atoms with Gasteiger partial charge in [0.15, 0.2) is 5.69 Å². The minimum absolute atomic E-state index is 0.380. The van der Waals surface area contributed by atoms with Crippen LogP contribution in [0.1, 0.15) is 17.3 Å². The summed E-state index contributed by atoms with van der Waals surface area (Å²) in [6, 6.07) is 2.04. The summed E-state index contributed by atoms with van der Waals surface area (Å²) in [5, 5.41) is 10.6. The van der Waals surface area contributed by atoms with Crippen LogP contribution < -0.4 is 0 Å². The molecule has 1 aromatic rings. The van der Waals surface area contributed by atoms with E-state index >= 15 is 0 Å². The first-order chi connectivity index (χ1) is 6.31. The average molecular weight is 210 g/mol. The van der Waals surface area contributed by atoms with Crippen molar-refractivity contribution in [2.24, 2.45) is 0 Å². The van der Waals surface area contributed by atoms with Crippen LogP contribution in [0.2, 0.25) is 5.15 Å². The zero-order valence-electron chi connectivity index (χ0n) is 6.44. The highest BCUT2D eigenvalue weighted by Gasteiger charge is 2.68. The van der Waals surface area contributed by atoms with Crippen LogP contribution in [0.5, 0.6) is 0 Å². The molecule has 3 nitrogen and oxygen atoms in total. The van der Waals surface area contributed by atoms with Gasteiger partial charge in [0.2, 0.25) is 0 Å². The second-order valence-electron chi connectivity index (χ2n) is 3.13. The summed E-state index contributed by atoms with van der Waals surface area (Å²) in [5.74, 6) is 0.450. The van der Waals surface area contributed by atoms with Crippen LogP contribution in [0, 0.1) is 11.3 Å². The number of nitriles is 1. The molecule has 5 heteroatoms. The molecule has 0 N–H and O–H groups in total. The molecule has 1 saturated heterocycles. The van der Waals surface area contributed by atoms with Gasteiger partial charge < -0.3 is 0 Å². The van der Waals surface area contributed by atoms with Gasteiger partial charge in [-0.15, -0.1) is 0 Å². The molecular formula is C8H4ClN3S. The molecule has 64 valence electrons. The van der Waals surface area contributed by atoms with Crippen LogP contribution >= 0.6 is 23.4 Å². The van der Waals surface area contributed by atoms with E-state index in [4.69, 9.17) is 16.9 Å². The quantitative estimate of drug-likeness (QED) is 0.659. The van der Waals surface area contributed by atoms with Crippen LogP contribution in [-0.2, 0) is 0 Å². The van der Waals surface area contributed by atoms with Crippen molar-refractivity contribution in [2.75, 3.05) is 0 Å². The van der Waals surface area contributed by atoms with Crippen molar-refractivity contribution < 1.29 is 0 Å². The van der Waals surface area contributed by atoms with Gasteiger partial charge in [-0.3, -0.25) is 0 Å². The maximum Gasteiger partial charge on any atom is 0.162 e. The Morgan fingerprint density at radius 3 is 2.85 bits per heavy atom. The molecule has 2 heterocycles. The van der Waals surface area contributed by atoms with E-state index in [2.05, 4.69) is 9.97 Å². The molecule has 1 aliphatic carbocycles. The second-order valence-corrected chi connectivity index (χ2v) is 4.88. The predicted molar refractivity (Wildman–Crippen MR) is 49.7 cm³/mol. The molecule has 0 bridgehead atoms. The molecule has 2 aliphatic rings. The summed E-state index contributed by atoms with van der Waals surface area (Å²) < 4.78 is 0. The number of thioether (sulfide) groups is 1. The van der Waals surface area contributed by atoms with E-state index < -0.39 is 0 Å². The number of aromatic nitrogens is 2. The Hall–Kier alpha value is -0.790. The molecule has 0 amide bonds. The van der Waals surface area contributed by atoms with Gasteiger partial charge in [0.25, 0.3) is 0 Å². The Balaban J connectivity index is 2.05. The first-order valence-corrected chi connectivity index (χ1v) is 5.21. The zero-order chi connectivity index (χ0) is 9.00. The minimum atomic E-state index is 0.380. The molecule has 0 spiro atoms. The highest BCUT2D eigenvalue weighted by atomic mass is 35.5. The largest absolute Gasteiger partial charge is 0.240 e. The molecular weight excluding hydrogens is 206 g/mol. The lowest BCUT2D eigenvalue weighted by Crippen LogP contribution is -2.00. The van der Waals surface area contributed by atoms with E-state index in [1.807, 2.05) is 17.8 Å². The van der Waals surface area contributed by atoms with Gasteiger partial charge in [0, 0.05) is 16.4 Å². The van der Waals surface area contributed by atoms with E-state index in [0.717, 1.165) is 5.69 Å². The van der Waals surface area contributed by atoms with Gasteiger partial charge in [0.1, 0.15) is 11.2 Å². The van der Waals surface area contributed by atoms with Crippen LogP contribution in [-0.4, -0.2) is 20.5 Å². The highest BCUT2D eigenvalue weighted by Crippen LogP contribution is 2.72. The first kappa shape index (κ1) is 7.60. The fraction of sp³-hybridized carbons (Fsp3) is 0.375. The van der Waals surface area contributed by atoms with Gasteiger partial charge in [-0.1, -0.05) is 11.6 Å². The maximum atomic E-state index is 8.78. The van der Waals surface area contributed by atoms with Gasteiger partial charge in [-0.2, -0.15) is 17.0 Å². The van der Waals surface area contributed by atoms with Crippen molar-refractivity contribution >= 4 is 23.4 Å². The summed E-state index contributed by atoms with van der Waals surface area (Å²) in [6.07, 6.45) is 1.42. The van der Waals surface area contributed by atoms with Crippen molar-refractivity contribution in [1.82, 2.24) is 9.97 Å². The number of rotatable bonds is 1. The molecule has 0 radical (unpaired) electrons. The van der Waals surface area contributed by atoms with E-state index in [0.29, 0.717) is 27.3 Å². The van der Waals surface area contributed by atoms with Crippen LogP contribution in [0.3, 0.4) is 0 Å². The SMILES string of the molecule is N#Cc1ncc(Cl)nc1C1C2SC21. The van der Waals surface area contributed by atoms with Gasteiger partial charge in [-0.05, 0) is 0 Å². The first-order valence-electron chi connectivity index (χ1n) is 3.89. The fourth-order valence-electron chi connectivity index (χ4n) is 1.48. The smallest absolute Gasteiger partial charge is 0.162 e. The summed E-state index contributed by atoms with van der Waals surface area (Å²) in [6.45, 7) is 0. The number of fused-ring (bicyclic) bond motifs is 1. The number of hydrogen-bond donors (Lipinski definition) is 0. The minimum Gasteiger partial charge on any atom is -0.240 e. The third-order valence-electron chi connectivity index (χ3n) is 2.32. The lowest BCUT2D eigenvalue weighted by molar-refractivity contribution is 0.964. The van der Waals surface area contributed by atoms with Crippen molar-refractivity contribution in [2.45, 2.75) is 16.4 Å². The number of hydrogen-bond acceptors (Lipinski definition) is 4. The van der Waals surface area contributed by atoms with Crippen molar-refractivity contribution in [3.05, 3.63) is 22.7 Å². The number of halogens is 1. The summed E-state index contributed by atoms with van der Waals surface area (Å²) in [5.41, 5.74) is 1.23. The zero-order valence-corrected chi connectivity index (χ0v) is 8.01. The Morgan fingerprint density at radius 2 is 2.31 bits per heavy atom. The maximum absolute atomic E-state index is 8.78. The summed E-state index contributed by atoms with van der Waals surface area (Å²) in [7, 11) is 0. The summed E-state index contributed by atoms with van der Waals surface area (Å²) >= 11 is 7.65. The van der Waals surface area contributed by atoms with E-state index in [1.54, 1.807) is 0 Å². The van der Waals surface area contributed by atoms with Gasteiger partial charge in [0.05, 0.1) is 11.9 Å². The fourth-order valence-corrected chi connectivity index (χ4v) is 2.72. The molecule has 0 aromatic carbocycles. The highest BCUT2D eigenvalue weighted by molar-refractivity contribution is 8.09. The van der Waals surface area contributed by atoms with Crippen LogP contribution in [0.4, 0.5) is 0 Å². The lowest BCUT2D eigenvalue weighted by Gasteiger charge is -2.03. The predicted octanol–water partition coefficient (Wildman–Crippen LogP) is 1.58. The Morgan fingerprint density at radius 1 is 1.54 bits per heavy atom. The number of nitrogens with zero attached hydrogens (tertiary/aromatic N) is 3. The van der Waals surface area contributed by atoms with Crippen LogP contribution in [0.15, 0.2) is 6.20 Å². The van der Waals surface area contributed by atoms with Gasteiger partial charge in [-0.25, -0.2) is 9.97 Å². The van der Waals surface area contributed by atoms with E-state index in [-0.39, 0.29) is 0 Å². The monoisotopic (exact) mass is 209 g/mol. The summed E-state index contributed by atoms with van der Waals surface area (Å²) in [4.78, 5) is 8.10. The standard InChI is InChI=1S/C8H4ClN3S/c9-4-2-11-3(1-10)6(12-4)5-7-8(5)13-7/h2,5,7-8H. The third kappa shape index (κ3) is 1.04. The Labute approximate surface area is 84.1 Å². The molecule has 13 heavy (non-hydrogen) atoms. The van der Waals surface area contributed by atoms with E-state index in [1.165, 1.54) is 6.20 Å². The molecule has 1 aromatic heterocycles. The van der Waals surface area contributed by atoms with Crippen molar-refractivity contribution in [1.29, 1.82) is 5.26 Å². The molecule has 2 atom stereocenters. The lowest BCUT2D eigenvalue weighted by atomic mass is 10.2. The van der Waals surface area contributed by atoms with Crippen molar-refractivity contribution in [3.63, 3.8) is 0 Å². The third-order valence-corrected chi connectivity index (χ3v) is 3.99. The molecule has 2 unspecified atom stereocenters.